The van der Waals surface area contributed by atoms with Crippen LogP contribution in [-0.4, -0.2) is 27.7 Å². The molecule has 1 rings (SSSR count). The molecule has 0 spiro atoms. The third kappa shape index (κ3) is 4.11. The highest BCUT2D eigenvalue weighted by molar-refractivity contribution is 7.86. The van der Waals surface area contributed by atoms with Gasteiger partial charge < -0.3 is 4.74 Å². The molecule has 0 aliphatic heterocycles. The Kier molecular flexibility index (Phi) is 5.11. The largest absolute Gasteiger partial charge is 0.376 e. The first-order valence-corrected chi connectivity index (χ1v) is 6.95. The number of rotatable bonds is 6. The number of hydrogen-bond donors (Lipinski definition) is 0. The summed E-state index contributed by atoms with van der Waals surface area (Å²) in [6.07, 6.45) is -0.237. The highest BCUT2D eigenvalue weighted by Crippen LogP contribution is 2.17. The van der Waals surface area contributed by atoms with Crippen molar-refractivity contribution in [2.24, 2.45) is 0 Å². The van der Waals surface area contributed by atoms with Gasteiger partial charge in [-0.1, -0.05) is 18.2 Å². The molecule has 0 bridgehead atoms. The minimum absolute atomic E-state index is 0.0322. The fraction of sp³-hybridized carbons (Fsp3) is 0.500. The third-order valence-electron chi connectivity index (χ3n) is 2.27. The summed E-state index contributed by atoms with van der Waals surface area (Å²) in [6, 6.07) is 6.74. The Labute approximate surface area is 103 Å². The smallest absolute Gasteiger partial charge is 0.297 e. The summed E-state index contributed by atoms with van der Waals surface area (Å²) in [5.74, 6) is 0. The van der Waals surface area contributed by atoms with E-state index in [4.69, 9.17) is 8.92 Å². The third-order valence-corrected chi connectivity index (χ3v) is 3.72. The van der Waals surface area contributed by atoms with Crippen LogP contribution in [0.25, 0.3) is 0 Å². The van der Waals surface area contributed by atoms with Crippen molar-refractivity contribution in [3.05, 3.63) is 29.8 Å². The quantitative estimate of drug-likeness (QED) is 0.733. The SMILES string of the molecule is CCOC(C)COS(=O)(=O)c1ccccc1C. The first-order valence-electron chi connectivity index (χ1n) is 5.54. The zero-order chi connectivity index (χ0) is 12.9. The predicted octanol–water partition coefficient (Wildman–Crippen LogP) is 2.13. The summed E-state index contributed by atoms with van der Waals surface area (Å²) >= 11 is 0. The highest BCUT2D eigenvalue weighted by Gasteiger charge is 2.18. The summed E-state index contributed by atoms with van der Waals surface area (Å²) in [5, 5.41) is 0. The van der Waals surface area contributed by atoms with Gasteiger partial charge >= 0.3 is 0 Å². The maximum atomic E-state index is 11.9. The van der Waals surface area contributed by atoms with Crippen molar-refractivity contribution in [1.82, 2.24) is 0 Å². The van der Waals surface area contributed by atoms with Crippen LogP contribution in [0.1, 0.15) is 19.4 Å². The molecule has 4 nitrogen and oxygen atoms in total. The van der Waals surface area contributed by atoms with Crippen LogP contribution in [0, 0.1) is 6.92 Å². The van der Waals surface area contributed by atoms with Crippen LogP contribution in [0.15, 0.2) is 29.2 Å². The molecule has 0 amide bonds. The Morgan fingerprint density at radius 1 is 1.29 bits per heavy atom. The maximum absolute atomic E-state index is 11.9. The lowest BCUT2D eigenvalue weighted by Gasteiger charge is -2.12. The molecule has 0 heterocycles. The van der Waals surface area contributed by atoms with Gasteiger partial charge in [-0.2, -0.15) is 8.42 Å². The highest BCUT2D eigenvalue weighted by atomic mass is 32.2. The lowest BCUT2D eigenvalue weighted by Crippen LogP contribution is -2.19. The van der Waals surface area contributed by atoms with E-state index in [2.05, 4.69) is 0 Å². The normalized spacial score (nSPS) is 13.6. The fourth-order valence-corrected chi connectivity index (χ4v) is 2.62. The second kappa shape index (κ2) is 6.14. The average Bonchev–Trinajstić information content (AvgIpc) is 2.27. The standard InChI is InChI=1S/C12H18O4S/c1-4-15-11(3)9-16-17(13,14)12-8-6-5-7-10(12)2/h5-8,11H,4,9H2,1-3H3. The minimum atomic E-state index is -3.68. The van der Waals surface area contributed by atoms with Crippen molar-refractivity contribution in [3.8, 4) is 0 Å². The van der Waals surface area contributed by atoms with Crippen molar-refractivity contribution in [3.63, 3.8) is 0 Å². The van der Waals surface area contributed by atoms with Gasteiger partial charge in [0.1, 0.15) is 0 Å². The van der Waals surface area contributed by atoms with Gasteiger partial charge in [0.15, 0.2) is 0 Å². The molecule has 0 saturated carbocycles. The van der Waals surface area contributed by atoms with Crippen LogP contribution in [0.2, 0.25) is 0 Å². The van der Waals surface area contributed by atoms with Crippen molar-refractivity contribution in [1.29, 1.82) is 0 Å². The van der Waals surface area contributed by atoms with Gasteiger partial charge in [0.2, 0.25) is 0 Å². The van der Waals surface area contributed by atoms with Gasteiger partial charge in [0.05, 0.1) is 17.6 Å². The van der Waals surface area contributed by atoms with Gasteiger partial charge in [0, 0.05) is 6.61 Å². The predicted molar refractivity (Wildman–Crippen MR) is 65.4 cm³/mol. The molecule has 1 atom stereocenters. The van der Waals surface area contributed by atoms with E-state index in [0.29, 0.717) is 12.2 Å². The molecule has 0 N–H and O–H groups in total. The summed E-state index contributed by atoms with van der Waals surface area (Å²) in [4.78, 5) is 0.212. The van der Waals surface area contributed by atoms with Gasteiger partial charge in [-0.3, -0.25) is 4.18 Å². The second-order valence-electron chi connectivity index (χ2n) is 3.77. The van der Waals surface area contributed by atoms with Crippen LogP contribution in [-0.2, 0) is 19.0 Å². The van der Waals surface area contributed by atoms with Crippen molar-refractivity contribution < 1.29 is 17.3 Å². The molecular formula is C12H18O4S. The number of aryl methyl sites for hydroxylation is 1. The van der Waals surface area contributed by atoms with E-state index in [0.717, 1.165) is 0 Å². The van der Waals surface area contributed by atoms with E-state index in [9.17, 15) is 8.42 Å². The lowest BCUT2D eigenvalue weighted by molar-refractivity contribution is 0.0420. The minimum Gasteiger partial charge on any atom is -0.376 e. The van der Waals surface area contributed by atoms with Crippen molar-refractivity contribution >= 4 is 10.1 Å². The number of benzene rings is 1. The molecule has 1 aromatic rings. The zero-order valence-electron chi connectivity index (χ0n) is 10.3. The van der Waals surface area contributed by atoms with E-state index in [1.165, 1.54) is 6.07 Å². The molecule has 1 unspecified atom stereocenters. The Bertz CT molecular complexity index is 453. The molecule has 5 heteroatoms. The zero-order valence-corrected chi connectivity index (χ0v) is 11.2. The fourth-order valence-electron chi connectivity index (χ4n) is 1.42. The van der Waals surface area contributed by atoms with Gasteiger partial charge in [-0.15, -0.1) is 0 Å². The summed E-state index contributed by atoms with van der Waals surface area (Å²) in [5.41, 5.74) is 0.677. The maximum Gasteiger partial charge on any atom is 0.297 e. The summed E-state index contributed by atoms with van der Waals surface area (Å²) in [7, 11) is -3.68. The van der Waals surface area contributed by atoms with Crippen LogP contribution in [0.4, 0.5) is 0 Å². The Morgan fingerprint density at radius 2 is 1.94 bits per heavy atom. The van der Waals surface area contributed by atoms with E-state index < -0.39 is 10.1 Å². The van der Waals surface area contributed by atoms with Crippen molar-refractivity contribution in [2.75, 3.05) is 13.2 Å². The van der Waals surface area contributed by atoms with Gasteiger partial charge in [0.25, 0.3) is 10.1 Å². The second-order valence-corrected chi connectivity index (χ2v) is 5.35. The topological polar surface area (TPSA) is 52.6 Å². The van der Waals surface area contributed by atoms with E-state index in [1.807, 2.05) is 6.92 Å². The molecule has 17 heavy (non-hydrogen) atoms. The molecule has 0 aliphatic carbocycles. The van der Waals surface area contributed by atoms with Crippen LogP contribution in [0.3, 0.4) is 0 Å². The Hall–Kier alpha value is -0.910. The first-order chi connectivity index (χ1) is 7.97. The van der Waals surface area contributed by atoms with E-state index in [-0.39, 0.29) is 17.6 Å². The molecule has 0 saturated heterocycles. The van der Waals surface area contributed by atoms with E-state index >= 15 is 0 Å². The molecule has 0 aliphatic rings. The molecule has 0 fully saturated rings. The Balaban J connectivity index is 2.73. The molecule has 1 aromatic carbocycles. The number of ether oxygens (including phenoxy) is 1. The number of hydrogen-bond acceptors (Lipinski definition) is 4. The van der Waals surface area contributed by atoms with Crippen LogP contribution in [0.5, 0.6) is 0 Å². The van der Waals surface area contributed by atoms with Gasteiger partial charge in [-0.25, -0.2) is 0 Å². The van der Waals surface area contributed by atoms with E-state index in [1.54, 1.807) is 32.0 Å². The van der Waals surface area contributed by atoms with Gasteiger partial charge in [-0.05, 0) is 32.4 Å². The van der Waals surface area contributed by atoms with Crippen molar-refractivity contribution in [2.45, 2.75) is 31.8 Å². The molecule has 0 aromatic heterocycles. The molecule has 0 radical (unpaired) electrons. The monoisotopic (exact) mass is 258 g/mol. The lowest BCUT2D eigenvalue weighted by atomic mass is 10.2. The molecular weight excluding hydrogens is 240 g/mol. The summed E-state index contributed by atoms with van der Waals surface area (Å²) in [6.45, 7) is 5.94. The summed E-state index contributed by atoms with van der Waals surface area (Å²) < 4.78 is 33.9. The molecule has 96 valence electrons. The first kappa shape index (κ1) is 14.2. The average molecular weight is 258 g/mol. The van der Waals surface area contributed by atoms with Crippen LogP contribution < -0.4 is 0 Å². The Morgan fingerprint density at radius 3 is 2.53 bits per heavy atom. The van der Waals surface area contributed by atoms with Crippen LogP contribution >= 0.6 is 0 Å².